The highest BCUT2D eigenvalue weighted by atomic mass is 32.2. The molecular formula is C18H22N2O5S. The first-order chi connectivity index (χ1) is 12.4. The summed E-state index contributed by atoms with van der Waals surface area (Å²) >= 11 is 0. The molecule has 7 nitrogen and oxygen atoms in total. The predicted octanol–water partition coefficient (Wildman–Crippen LogP) is 2.40. The monoisotopic (exact) mass is 378 g/mol. The minimum atomic E-state index is -3.73. The Morgan fingerprint density at radius 2 is 1.62 bits per heavy atom. The van der Waals surface area contributed by atoms with Gasteiger partial charge in [0.15, 0.2) is 6.10 Å². The number of carbonyl (C=O) groups excluding carboxylic acids is 1. The molecule has 26 heavy (non-hydrogen) atoms. The average Bonchev–Trinajstić information content (AvgIpc) is 2.63. The number of likely N-dealkylation sites (N-methyl/N-ethyl adjacent to an activating group) is 1. The molecule has 8 heteroatoms. The smallest absolute Gasteiger partial charge is 0.261 e. The second-order valence-electron chi connectivity index (χ2n) is 5.41. The molecule has 2 aromatic rings. The Balaban J connectivity index is 2.07. The first kappa shape index (κ1) is 19.6. The van der Waals surface area contributed by atoms with Crippen molar-refractivity contribution in [2.45, 2.75) is 24.8 Å². The molecule has 0 saturated heterocycles. The van der Waals surface area contributed by atoms with E-state index < -0.39 is 16.1 Å². The van der Waals surface area contributed by atoms with Crippen molar-refractivity contribution in [3.05, 3.63) is 48.5 Å². The van der Waals surface area contributed by atoms with Crippen molar-refractivity contribution >= 4 is 21.6 Å². The number of rotatable bonds is 8. The number of sulfonamides is 1. The molecule has 1 atom stereocenters. The Morgan fingerprint density at radius 3 is 2.15 bits per heavy atom. The van der Waals surface area contributed by atoms with Gasteiger partial charge in [-0.15, -0.1) is 0 Å². The van der Waals surface area contributed by atoms with E-state index >= 15 is 0 Å². The van der Waals surface area contributed by atoms with E-state index in [4.69, 9.17) is 9.47 Å². The van der Waals surface area contributed by atoms with E-state index in [-0.39, 0.29) is 10.8 Å². The lowest BCUT2D eigenvalue weighted by Crippen LogP contribution is -2.33. The number of amides is 1. The lowest BCUT2D eigenvalue weighted by Gasteiger charge is -2.14. The lowest BCUT2D eigenvalue weighted by molar-refractivity contribution is -0.126. The van der Waals surface area contributed by atoms with Gasteiger partial charge in [0.2, 0.25) is 0 Å². The van der Waals surface area contributed by atoms with E-state index in [1.54, 1.807) is 31.2 Å². The van der Waals surface area contributed by atoms with Crippen molar-refractivity contribution in [1.82, 2.24) is 5.32 Å². The normalized spacial score (nSPS) is 12.1. The zero-order valence-electron chi connectivity index (χ0n) is 14.9. The highest BCUT2D eigenvalue weighted by molar-refractivity contribution is 7.92. The molecule has 0 saturated carbocycles. The van der Waals surface area contributed by atoms with Crippen molar-refractivity contribution in [3.63, 3.8) is 0 Å². The van der Waals surface area contributed by atoms with E-state index in [9.17, 15) is 13.2 Å². The van der Waals surface area contributed by atoms with Crippen molar-refractivity contribution in [1.29, 1.82) is 0 Å². The summed E-state index contributed by atoms with van der Waals surface area (Å²) < 4.78 is 38.2. The molecule has 0 aliphatic carbocycles. The van der Waals surface area contributed by atoms with Crippen molar-refractivity contribution in [3.8, 4) is 11.5 Å². The summed E-state index contributed by atoms with van der Waals surface area (Å²) in [6.45, 7) is 4.02. The maximum atomic E-state index is 12.5. The molecule has 0 spiro atoms. The number of carbonyl (C=O) groups is 1. The Bertz CT molecular complexity index is 833. The molecule has 0 bridgehead atoms. The molecule has 0 heterocycles. The summed E-state index contributed by atoms with van der Waals surface area (Å²) in [5, 5.41) is 2.48. The van der Waals surface area contributed by atoms with Crippen LogP contribution in [-0.2, 0) is 14.8 Å². The van der Waals surface area contributed by atoms with Gasteiger partial charge in [0, 0.05) is 12.7 Å². The van der Waals surface area contributed by atoms with Crippen LogP contribution in [0.2, 0.25) is 0 Å². The predicted molar refractivity (Wildman–Crippen MR) is 99.0 cm³/mol. The number of nitrogens with one attached hydrogen (secondary N) is 2. The Kier molecular flexibility index (Phi) is 6.46. The molecule has 0 aliphatic heterocycles. The van der Waals surface area contributed by atoms with Crippen LogP contribution in [0.5, 0.6) is 11.5 Å². The van der Waals surface area contributed by atoms with Gasteiger partial charge < -0.3 is 14.8 Å². The summed E-state index contributed by atoms with van der Waals surface area (Å²) in [6.07, 6.45) is -0.676. The van der Waals surface area contributed by atoms with Crippen LogP contribution in [0.15, 0.2) is 53.4 Å². The number of hydrogen-bond donors (Lipinski definition) is 2. The fourth-order valence-corrected chi connectivity index (χ4v) is 3.22. The van der Waals surface area contributed by atoms with Crippen molar-refractivity contribution in [2.75, 3.05) is 18.4 Å². The molecule has 1 amide bonds. The van der Waals surface area contributed by atoms with E-state index in [1.165, 1.54) is 31.3 Å². The van der Waals surface area contributed by atoms with Crippen LogP contribution in [0.1, 0.15) is 13.8 Å². The van der Waals surface area contributed by atoms with Gasteiger partial charge in [-0.05, 0) is 62.4 Å². The van der Waals surface area contributed by atoms with E-state index in [1.807, 2.05) is 6.92 Å². The molecule has 0 aliphatic rings. The third-order valence-corrected chi connectivity index (χ3v) is 4.88. The van der Waals surface area contributed by atoms with Gasteiger partial charge >= 0.3 is 0 Å². The third kappa shape index (κ3) is 5.13. The summed E-state index contributed by atoms with van der Waals surface area (Å²) in [4.78, 5) is 11.5. The number of ether oxygens (including phenoxy) is 2. The molecule has 2 N–H and O–H groups in total. The fourth-order valence-electron chi connectivity index (χ4n) is 2.16. The van der Waals surface area contributed by atoms with Gasteiger partial charge in [-0.3, -0.25) is 9.52 Å². The van der Waals surface area contributed by atoms with Crippen LogP contribution >= 0.6 is 0 Å². The van der Waals surface area contributed by atoms with Crippen LogP contribution < -0.4 is 19.5 Å². The van der Waals surface area contributed by atoms with Gasteiger partial charge in [-0.1, -0.05) is 0 Å². The standard InChI is InChI=1S/C18H22N2O5S/c1-4-24-15-7-5-14(6-8-15)20-26(22,23)17-11-9-16(10-12-17)25-13(2)18(21)19-3/h5-13,20H,4H2,1-3H3,(H,19,21)/t13-/m1/s1. The Labute approximate surface area is 153 Å². The van der Waals surface area contributed by atoms with E-state index in [0.29, 0.717) is 23.8 Å². The Morgan fingerprint density at radius 1 is 1.04 bits per heavy atom. The number of benzene rings is 2. The van der Waals surface area contributed by atoms with Gasteiger partial charge in [0.1, 0.15) is 11.5 Å². The van der Waals surface area contributed by atoms with Crippen LogP contribution in [-0.4, -0.2) is 34.1 Å². The number of hydrogen-bond acceptors (Lipinski definition) is 5. The first-order valence-electron chi connectivity index (χ1n) is 8.09. The largest absolute Gasteiger partial charge is 0.494 e. The molecule has 2 aromatic carbocycles. The second-order valence-corrected chi connectivity index (χ2v) is 7.09. The molecule has 0 fully saturated rings. The summed E-state index contributed by atoms with van der Waals surface area (Å²) in [5.41, 5.74) is 0.432. The zero-order chi connectivity index (χ0) is 19.2. The molecular weight excluding hydrogens is 356 g/mol. The Hall–Kier alpha value is -2.74. The SMILES string of the molecule is CCOc1ccc(NS(=O)(=O)c2ccc(O[C@H](C)C(=O)NC)cc2)cc1. The summed E-state index contributed by atoms with van der Waals surface area (Å²) in [5.74, 6) is 0.808. The molecule has 0 radical (unpaired) electrons. The number of anilines is 1. The maximum absolute atomic E-state index is 12.5. The van der Waals surface area contributed by atoms with Crippen molar-refractivity contribution < 1.29 is 22.7 Å². The van der Waals surface area contributed by atoms with Gasteiger partial charge in [0.25, 0.3) is 15.9 Å². The molecule has 2 rings (SSSR count). The first-order valence-corrected chi connectivity index (χ1v) is 9.58. The highest BCUT2D eigenvalue weighted by Crippen LogP contribution is 2.21. The van der Waals surface area contributed by atoms with Crippen LogP contribution in [0.4, 0.5) is 5.69 Å². The van der Waals surface area contributed by atoms with Crippen LogP contribution in [0.3, 0.4) is 0 Å². The minimum Gasteiger partial charge on any atom is -0.494 e. The average molecular weight is 378 g/mol. The van der Waals surface area contributed by atoms with Crippen LogP contribution in [0.25, 0.3) is 0 Å². The van der Waals surface area contributed by atoms with Crippen molar-refractivity contribution in [2.24, 2.45) is 0 Å². The second kappa shape index (κ2) is 8.57. The molecule has 0 aromatic heterocycles. The lowest BCUT2D eigenvalue weighted by atomic mass is 10.3. The fraction of sp³-hybridized carbons (Fsp3) is 0.278. The van der Waals surface area contributed by atoms with E-state index in [2.05, 4.69) is 10.0 Å². The van der Waals surface area contributed by atoms with Gasteiger partial charge in [0.05, 0.1) is 11.5 Å². The highest BCUT2D eigenvalue weighted by Gasteiger charge is 2.16. The zero-order valence-corrected chi connectivity index (χ0v) is 15.7. The van der Waals surface area contributed by atoms with Crippen LogP contribution in [0, 0.1) is 0 Å². The van der Waals surface area contributed by atoms with Gasteiger partial charge in [-0.25, -0.2) is 8.42 Å². The van der Waals surface area contributed by atoms with E-state index in [0.717, 1.165) is 0 Å². The molecule has 0 unspecified atom stereocenters. The minimum absolute atomic E-state index is 0.0892. The summed E-state index contributed by atoms with van der Waals surface area (Å²) in [7, 11) is -2.21. The summed E-state index contributed by atoms with van der Waals surface area (Å²) in [6, 6.07) is 12.5. The molecule has 140 valence electrons. The maximum Gasteiger partial charge on any atom is 0.261 e. The van der Waals surface area contributed by atoms with Gasteiger partial charge in [-0.2, -0.15) is 0 Å². The third-order valence-electron chi connectivity index (χ3n) is 3.48. The quantitative estimate of drug-likeness (QED) is 0.736. The topological polar surface area (TPSA) is 93.7 Å².